The summed E-state index contributed by atoms with van der Waals surface area (Å²) in [7, 11) is 0. The molecule has 7 nitrogen and oxygen atoms in total. The highest BCUT2D eigenvalue weighted by Crippen LogP contribution is 2.24. The third kappa shape index (κ3) is 6.27. The molecule has 3 amide bonds. The van der Waals surface area contributed by atoms with E-state index in [1.54, 1.807) is 0 Å². The lowest BCUT2D eigenvalue weighted by atomic mass is 9.96. The highest BCUT2D eigenvalue weighted by Gasteiger charge is 2.23. The summed E-state index contributed by atoms with van der Waals surface area (Å²) in [5.74, 6) is -0.455. The van der Waals surface area contributed by atoms with Gasteiger partial charge in [-0.15, -0.1) is 0 Å². The summed E-state index contributed by atoms with van der Waals surface area (Å²) in [6.07, 6.45) is 1.77. The smallest absolute Gasteiger partial charge is 0.226 e. The second-order valence-electron chi connectivity index (χ2n) is 8.01. The normalized spacial score (nSPS) is 15.3. The third-order valence-electron chi connectivity index (χ3n) is 4.73. The topological polar surface area (TPSA) is 105 Å². The highest BCUT2D eigenvalue weighted by molar-refractivity contribution is 5.91. The molecule has 4 N–H and O–H groups in total. The molecular formula is C20H30N4O3. The number of amides is 3. The number of carbonyl (C=O) groups is 3. The van der Waals surface area contributed by atoms with Crippen LogP contribution >= 0.6 is 0 Å². The Hall–Kier alpha value is -2.57. The van der Waals surface area contributed by atoms with E-state index in [-0.39, 0.29) is 30.1 Å². The number of hydrogen-bond donors (Lipinski definition) is 3. The van der Waals surface area contributed by atoms with Crippen LogP contribution in [0, 0.1) is 11.3 Å². The molecule has 1 aliphatic heterocycles. The van der Waals surface area contributed by atoms with Crippen LogP contribution in [0.1, 0.15) is 40.0 Å². The third-order valence-corrected chi connectivity index (χ3v) is 4.73. The molecule has 0 atom stereocenters. The van der Waals surface area contributed by atoms with E-state index >= 15 is 0 Å². The van der Waals surface area contributed by atoms with E-state index in [2.05, 4.69) is 15.5 Å². The quantitative estimate of drug-likeness (QED) is 0.707. The monoisotopic (exact) mass is 374 g/mol. The Morgan fingerprint density at radius 1 is 1.11 bits per heavy atom. The standard InChI is InChI=1S/C20H30N4O3/c1-20(2,3)19(27)22-11-8-17(25)23-15-4-6-16(7-5-15)24-12-9-14(10-13-24)18(21)26/h4-7,14H,8-13H2,1-3H3,(H2,21,26)(H,22,27)(H,23,25). The van der Waals surface area contributed by atoms with Crippen LogP contribution in [-0.4, -0.2) is 37.4 Å². The van der Waals surface area contributed by atoms with Crippen molar-refractivity contribution in [1.82, 2.24) is 5.32 Å². The van der Waals surface area contributed by atoms with Crippen LogP contribution in [0.25, 0.3) is 0 Å². The van der Waals surface area contributed by atoms with Crippen molar-refractivity contribution in [3.8, 4) is 0 Å². The summed E-state index contributed by atoms with van der Waals surface area (Å²) in [6, 6.07) is 7.64. The molecule has 1 heterocycles. The summed E-state index contributed by atoms with van der Waals surface area (Å²) < 4.78 is 0. The fourth-order valence-corrected chi connectivity index (χ4v) is 2.96. The van der Waals surface area contributed by atoms with Crippen molar-refractivity contribution in [3.05, 3.63) is 24.3 Å². The van der Waals surface area contributed by atoms with Crippen LogP contribution in [-0.2, 0) is 14.4 Å². The SMILES string of the molecule is CC(C)(C)C(=O)NCCC(=O)Nc1ccc(N2CCC(C(N)=O)CC2)cc1. The minimum atomic E-state index is -0.460. The van der Waals surface area contributed by atoms with Crippen molar-refractivity contribution >= 4 is 29.1 Å². The van der Waals surface area contributed by atoms with Gasteiger partial charge in [-0.3, -0.25) is 14.4 Å². The molecule has 0 aromatic heterocycles. The van der Waals surface area contributed by atoms with Crippen molar-refractivity contribution in [1.29, 1.82) is 0 Å². The molecule has 1 saturated heterocycles. The zero-order valence-electron chi connectivity index (χ0n) is 16.4. The van der Waals surface area contributed by atoms with E-state index in [4.69, 9.17) is 5.73 Å². The molecule has 1 aliphatic rings. The molecule has 0 aliphatic carbocycles. The van der Waals surface area contributed by atoms with E-state index < -0.39 is 5.41 Å². The summed E-state index contributed by atoms with van der Waals surface area (Å²) in [6.45, 7) is 7.41. The van der Waals surface area contributed by atoms with Gasteiger partial charge in [0.2, 0.25) is 17.7 Å². The number of rotatable bonds is 6. The molecule has 1 aromatic carbocycles. The molecule has 0 saturated carbocycles. The Bertz CT molecular complexity index is 671. The Kier molecular flexibility index (Phi) is 6.82. The predicted octanol–water partition coefficient (Wildman–Crippen LogP) is 1.88. The maximum Gasteiger partial charge on any atom is 0.226 e. The lowest BCUT2D eigenvalue weighted by Crippen LogP contribution is -2.38. The number of hydrogen-bond acceptors (Lipinski definition) is 4. The number of carbonyl (C=O) groups excluding carboxylic acids is 3. The van der Waals surface area contributed by atoms with Crippen LogP contribution in [0.15, 0.2) is 24.3 Å². The van der Waals surface area contributed by atoms with Crippen LogP contribution < -0.4 is 21.3 Å². The number of piperidine rings is 1. The first-order valence-electron chi connectivity index (χ1n) is 9.39. The van der Waals surface area contributed by atoms with E-state index in [0.29, 0.717) is 6.54 Å². The maximum absolute atomic E-state index is 12.0. The minimum absolute atomic E-state index is 0.0291. The Morgan fingerprint density at radius 3 is 2.22 bits per heavy atom. The van der Waals surface area contributed by atoms with E-state index in [1.807, 2.05) is 45.0 Å². The van der Waals surface area contributed by atoms with Crippen molar-refractivity contribution in [2.75, 3.05) is 29.9 Å². The van der Waals surface area contributed by atoms with E-state index in [1.165, 1.54) is 0 Å². The molecular weight excluding hydrogens is 344 g/mol. The number of benzene rings is 1. The highest BCUT2D eigenvalue weighted by atomic mass is 16.2. The maximum atomic E-state index is 12.0. The molecule has 0 bridgehead atoms. The Labute approximate surface area is 160 Å². The molecule has 0 spiro atoms. The second kappa shape index (κ2) is 8.88. The first kappa shape index (κ1) is 20.7. The number of nitrogens with zero attached hydrogens (tertiary/aromatic N) is 1. The van der Waals surface area contributed by atoms with Gasteiger partial charge in [0.1, 0.15) is 0 Å². The van der Waals surface area contributed by atoms with Gasteiger partial charge in [0.15, 0.2) is 0 Å². The Balaban J connectivity index is 1.78. The lowest BCUT2D eigenvalue weighted by Gasteiger charge is -2.32. The molecule has 2 rings (SSSR count). The van der Waals surface area contributed by atoms with Crippen LogP contribution in [0.2, 0.25) is 0 Å². The summed E-state index contributed by atoms with van der Waals surface area (Å²) in [5, 5.41) is 5.60. The van der Waals surface area contributed by atoms with Crippen LogP contribution in [0.4, 0.5) is 11.4 Å². The summed E-state index contributed by atoms with van der Waals surface area (Å²) in [4.78, 5) is 37.3. The van der Waals surface area contributed by atoms with Gasteiger partial charge in [-0.1, -0.05) is 20.8 Å². The predicted molar refractivity (Wildman–Crippen MR) is 106 cm³/mol. The minimum Gasteiger partial charge on any atom is -0.371 e. The average molecular weight is 374 g/mol. The van der Waals surface area contributed by atoms with Gasteiger partial charge in [-0.2, -0.15) is 0 Å². The molecule has 27 heavy (non-hydrogen) atoms. The number of nitrogens with one attached hydrogen (secondary N) is 2. The number of anilines is 2. The van der Waals surface area contributed by atoms with Gasteiger partial charge in [0.25, 0.3) is 0 Å². The molecule has 1 aromatic rings. The number of primary amides is 1. The van der Waals surface area contributed by atoms with Crippen molar-refractivity contribution in [2.45, 2.75) is 40.0 Å². The van der Waals surface area contributed by atoms with Gasteiger partial charge in [-0.05, 0) is 37.1 Å². The van der Waals surface area contributed by atoms with E-state index in [9.17, 15) is 14.4 Å². The zero-order chi connectivity index (χ0) is 20.0. The molecule has 0 radical (unpaired) electrons. The molecule has 1 fully saturated rings. The first-order chi connectivity index (χ1) is 12.7. The fourth-order valence-electron chi connectivity index (χ4n) is 2.96. The van der Waals surface area contributed by atoms with Gasteiger partial charge < -0.3 is 21.3 Å². The van der Waals surface area contributed by atoms with Gasteiger partial charge in [0, 0.05) is 48.8 Å². The van der Waals surface area contributed by atoms with E-state index in [0.717, 1.165) is 37.3 Å². The van der Waals surface area contributed by atoms with Gasteiger partial charge in [0.05, 0.1) is 0 Å². The van der Waals surface area contributed by atoms with Crippen molar-refractivity contribution in [3.63, 3.8) is 0 Å². The molecule has 148 valence electrons. The summed E-state index contributed by atoms with van der Waals surface area (Å²) in [5.41, 5.74) is 6.69. The van der Waals surface area contributed by atoms with Gasteiger partial charge in [-0.25, -0.2) is 0 Å². The largest absolute Gasteiger partial charge is 0.371 e. The van der Waals surface area contributed by atoms with Crippen molar-refractivity contribution in [2.24, 2.45) is 17.1 Å². The van der Waals surface area contributed by atoms with Crippen LogP contribution in [0.5, 0.6) is 0 Å². The molecule has 7 heteroatoms. The molecule has 0 unspecified atom stereocenters. The average Bonchev–Trinajstić information content (AvgIpc) is 2.61. The zero-order valence-corrected chi connectivity index (χ0v) is 16.4. The second-order valence-corrected chi connectivity index (χ2v) is 8.01. The Morgan fingerprint density at radius 2 is 1.70 bits per heavy atom. The van der Waals surface area contributed by atoms with Gasteiger partial charge >= 0.3 is 0 Å². The first-order valence-corrected chi connectivity index (χ1v) is 9.39. The summed E-state index contributed by atoms with van der Waals surface area (Å²) >= 11 is 0. The lowest BCUT2D eigenvalue weighted by molar-refractivity contribution is -0.128. The fraction of sp³-hybridized carbons (Fsp3) is 0.550. The van der Waals surface area contributed by atoms with Crippen LogP contribution in [0.3, 0.4) is 0 Å². The van der Waals surface area contributed by atoms with Crippen molar-refractivity contribution < 1.29 is 14.4 Å². The number of nitrogens with two attached hydrogens (primary N) is 1.